The zero-order chi connectivity index (χ0) is 20.9. The summed E-state index contributed by atoms with van der Waals surface area (Å²) in [7, 11) is 0. The van der Waals surface area contributed by atoms with Crippen LogP contribution in [-0.2, 0) is 11.2 Å². The molecule has 0 spiro atoms. The number of likely N-dealkylation sites (tertiary alicyclic amines) is 1. The van der Waals surface area contributed by atoms with Crippen LogP contribution in [0.3, 0.4) is 0 Å². The van der Waals surface area contributed by atoms with Gasteiger partial charge >= 0.3 is 0 Å². The van der Waals surface area contributed by atoms with Gasteiger partial charge in [-0.2, -0.15) is 0 Å². The van der Waals surface area contributed by atoms with Crippen molar-refractivity contribution in [3.05, 3.63) is 71.8 Å². The van der Waals surface area contributed by atoms with Crippen LogP contribution in [0.15, 0.2) is 60.7 Å². The minimum Gasteiger partial charge on any atom is -0.352 e. The third kappa shape index (κ3) is 4.58. The summed E-state index contributed by atoms with van der Waals surface area (Å²) >= 11 is 0. The molecule has 30 heavy (non-hydrogen) atoms. The Balaban J connectivity index is 1.44. The summed E-state index contributed by atoms with van der Waals surface area (Å²) in [4.78, 5) is 28.5. The van der Waals surface area contributed by atoms with E-state index < -0.39 is 0 Å². The quantitative estimate of drug-likeness (QED) is 0.765. The number of benzene rings is 2. The molecule has 1 saturated heterocycles. The Morgan fingerprint density at radius 2 is 1.67 bits per heavy atom. The predicted molar refractivity (Wildman–Crippen MR) is 119 cm³/mol. The van der Waals surface area contributed by atoms with Gasteiger partial charge in [-0.1, -0.05) is 61.4 Å². The fourth-order valence-corrected chi connectivity index (χ4v) is 5.16. The van der Waals surface area contributed by atoms with E-state index in [1.54, 1.807) is 0 Å². The van der Waals surface area contributed by atoms with E-state index in [1.165, 1.54) is 12.0 Å². The Hall–Kier alpha value is -2.62. The molecule has 4 atom stereocenters. The normalized spacial score (nSPS) is 24.2. The molecule has 4 nitrogen and oxygen atoms in total. The van der Waals surface area contributed by atoms with Gasteiger partial charge in [-0.25, -0.2) is 0 Å². The molecule has 1 saturated carbocycles. The molecule has 2 aliphatic rings. The van der Waals surface area contributed by atoms with Crippen molar-refractivity contribution in [3.63, 3.8) is 0 Å². The number of hydrogen-bond acceptors (Lipinski definition) is 2. The maximum Gasteiger partial charge on any atom is 0.254 e. The zero-order valence-electron chi connectivity index (χ0n) is 17.8. The van der Waals surface area contributed by atoms with Crippen LogP contribution < -0.4 is 5.32 Å². The molecule has 1 heterocycles. The number of aryl methyl sites for hydroxylation is 1. The number of hydrogen-bond donors (Lipinski definition) is 1. The summed E-state index contributed by atoms with van der Waals surface area (Å²) in [5.74, 6) is 0.457. The number of carbonyl (C=O) groups excluding carboxylic acids is 2. The van der Waals surface area contributed by atoms with Gasteiger partial charge in [-0.3, -0.25) is 9.59 Å². The summed E-state index contributed by atoms with van der Waals surface area (Å²) in [6.07, 6.45) is 7.10. The van der Waals surface area contributed by atoms with Crippen LogP contribution in [0.2, 0.25) is 0 Å². The van der Waals surface area contributed by atoms with E-state index in [0.29, 0.717) is 11.5 Å². The molecule has 0 radical (unpaired) electrons. The number of nitrogens with zero attached hydrogens (tertiary/aromatic N) is 1. The second-order valence-electron chi connectivity index (χ2n) is 8.88. The first-order chi connectivity index (χ1) is 14.6. The maximum atomic E-state index is 13.4. The van der Waals surface area contributed by atoms with Crippen LogP contribution in [0.5, 0.6) is 0 Å². The second-order valence-corrected chi connectivity index (χ2v) is 8.88. The lowest BCUT2D eigenvalue weighted by molar-refractivity contribution is -0.125. The molecule has 2 amide bonds. The number of nitrogens with one attached hydrogen (secondary N) is 1. The molecule has 1 N–H and O–H groups in total. The van der Waals surface area contributed by atoms with Crippen molar-refractivity contribution < 1.29 is 9.59 Å². The van der Waals surface area contributed by atoms with Crippen molar-refractivity contribution in [2.24, 2.45) is 5.92 Å². The van der Waals surface area contributed by atoms with E-state index in [9.17, 15) is 9.59 Å². The van der Waals surface area contributed by atoms with Crippen LogP contribution in [0, 0.1) is 5.92 Å². The first-order valence-electron chi connectivity index (χ1n) is 11.4. The standard InChI is InChI=1S/C26H32N2O2/c1-19(16-17-20-10-4-2-5-11-20)27-25(29)24-18-22-14-8-9-15-23(22)28(24)26(30)21-12-6-3-7-13-21/h2-7,10-13,19,22-24H,8-9,14-18H2,1H3,(H,27,29). The van der Waals surface area contributed by atoms with Gasteiger partial charge in [0.2, 0.25) is 5.91 Å². The monoisotopic (exact) mass is 404 g/mol. The van der Waals surface area contributed by atoms with Crippen LogP contribution >= 0.6 is 0 Å². The van der Waals surface area contributed by atoms with E-state index >= 15 is 0 Å². The maximum absolute atomic E-state index is 13.4. The fraction of sp³-hybridized carbons (Fsp3) is 0.462. The van der Waals surface area contributed by atoms with Gasteiger partial charge in [0.15, 0.2) is 0 Å². The van der Waals surface area contributed by atoms with E-state index in [-0.39, 0.29) is 29.9 Å². The van der Waals surface area contributed by atoms with E-state index in [1.807, 2.05) is 53.4 Å². The van der Waals surface area contributed by atoms with Gasteiger partial charge in [0.1, 0.15) is 6.04 Å². The molecule has 4 heteroatoms. The molecule has 2 aromatic carbocycles. The molecule has 2 fully saturated rings. The molecule has 1 aliphatic carbocycles. The Morgan fingerprint density at radius 3 is 2.40 bits per heavy atom. The Morgan fingerprint density at radius 1 is 1.00 bits per heavy atom. The fourth-order valence-electron chi connectivity index (χ4n) is 5.16. The third-order valence-corrected chi connectivity index (χ3v) is 6.74. The number of rotatable bonds is 6. The molecular formula is C26H32N2O2. The molecule has 0 aromatic heterocycles. The largest absolute Gasteiger partial charge is 0.352 e. The minimum absolute atomic E-state index is 0.00193. The molecular weight excluding hydrogens is 372 g/mol. The number of carbonyl (C=O) groups is 2. The molecule has 2 aromatic rings. The average molecular weight is 405 g/mol. The summed E-state index contributed by atoms with van der Waals surface area (Å²) in [5, 5.41) is 3.21. The first kappa shape index (κ1) is 20.6. The van der Waals surface area contributed by atoms with Gasteiger partial charge in [0.25, 0.3) is 5.91 Å². The van der Waals surface area contributed by atoms with Crippen molar-refractivity contribution in [2.45, 2.75) is 70.0 Å². The van der Waals surface area contributed by atoms with Gasteiger partial charge in [-0.05, 0) is 62.6 Å². The van der Waals surface area contributed by atoms with Gasteiger partial charge in [-0.15, -0.1) is 0 Å². The zero-order valence-corrected chi connectivity index (χ0v) is 17.8. The van der Waals surface area contributed by atoms with Crippen molar-refractivity contribution in [2.75, 3.05) is 0 Å². The van der Waals surface area contributed by atoms with Gasteiger partial charge in [0, 0.05) is 17.6 Å². The minimum atomic E-state index is -0.356. The lowest BCUT2D eigenvalue weighted by Gasteiger charge is -2.34. The molecule has 4 unspecified atom stereocenters. The smallest absolute Gasteiger partial charge is 0.254 e. The lowest BCUT2D eigenvalue weighted by atomic mass is 9.84. The summed E-state index contributed by atoms with van der Waals surface area (Å²) < 4.78 is 0. The van der Waals surface area contributed by atoms with Crippen LogP contribution in [-0.4, -0.2) is 34.8 Å². The number of fused-ring (bicyclic) bond motifs is 1. The Labute approximate surface area is 179 Å². The highest BCUT2D eigenvalue weighted by Gasteiger charge is 2.47. The Kier molecular flexibility index (Phi) is 6.51. The SMILES string of the molecule is CC(CCc1ccccc1)NC(=O)C1CC2CCCCC2N1C(=O)c1ccccc1. The van der Waals surface area contributed by atoms with Crippen molar-refractivity contribution in [3.8, 4) is 0 Å². The van der Waals surface area contributed by atoms with Gasteiger partial charge in [0.05, 0.1) is 0 Å². The molecule has 4 rings (SSSR count). The van der Waals surface area contributed by atoms with E-state index in [0.717, 1.165) is 38.5 Å². The molecule has 0 bridgehead atoms. The van der Waals surface area contributed by atoms with Crippen molar-refractivity contribution in [1.29, 1.82) is 0 Å². The molecule has 158 valence electrons. The average Bonchev–Trinajstić information content (AvgIpc) is 3.18. The summed E-state index contributed by atoms with van der Waals surface area (Å²) in [6.45, 7) is 2.06. The highest BCUT2D eigenvalue weighted by molar-refractivity contribution is 5.98. The first-order valence-corrected chi connectivity index (χ1v) is 11.4. The van der Waals surface area contributed by atoms with Crippen molar-refractivity contribution in [1.82, 2.24) is 10.2 Å². The lowest BCUT2D eigenvalue weighted by Crippen LogP contribution is -2.51. The van der Waals surface area contributed by atoms with E-state index in [4.69, 9.17) is 0 Å². The van der Waals surface area contributed by atoms with Crippen LogP contribution in [0.4, 0.5) is 0 Å². The van der Waals surface area contributed by atoms with E-state index in [2.05, 4.69) is 24.4 Å². The van der Waals surface area contributed by atoms with Crippen LogP contribution in [0.1, 0.15) is 61.4 Å². The van der Waals surface area contributed by atoms with Gasteiger partial charge < -0.3 is 10.2 Å². The third-order valence-electron chi connectivity index (χ3n) is 6.74. The summed E-state index contributed by atoms with van der Waals surface area (Å²) in [5.41, 5.74) is 1.96. The highest BCUT2D eigenvalue weighted by Crippen LogP contribution is 2.40. The van der Waals surface area contributed by atoms with Crippen molar-refractivity contribution >= 4 is 11.8 Å². The number of amides is 2. The topological polar surface area (TPSA) is 49.4 Å². The Bertz CT molecular complexity index is 852. The second kappa shape index (κ2) is 9.46. The summed E-state index contributed by atoms with van der Waals surface area (Å²) in [6, 6.07) is 19.7. The molecule has 1 aliphatic heterocycles. The van der Waals surface area contributed by atoms with Crippen LogP contribution in [0.25, 0.3) is 0 Å². The highest BCUT2D eigenvalue weighted by atomic mass is 16.2. The predicted octanol–water partition coefficient (Wildman–Crippen LogP) is 4.60.